The summed E-state index contributed by atoms with van der Waals surface area (Å²) >= 11 is 11.8. The molecule has 0 fully saturated rings. The highest BCUT2D eigenvalue weighted by Crippen LogP contribution is 2.27. The molecule has 0 bridgehead atoms. The van der Waals surface area contributed by atoms with Gasteiger partial charge < -0.3 is 14.6 Å². The largest absolute Gasteiger partial charge is 0.482 e. The van der Waals surface area contributed by atoms with Gasteiger partial charge in [0.25, 0.3) is 5.91 Å². The third-order valence-corrected chi connectivity index (χ3v) is 3.16. The molecule has 106 valence electrons. The van der Waals surface area contributed by atoms with E-state index in [1.54, 1.807) is 37.6 Å². The lowest BCUT2D eigenvalue weighted by Crippen LogP contribution is -2.31. The molecule has 2 rings (SSSR count). The van der Waals surface area contributed by atoms with Crippen molar-refractivity contribution in [3.8, 4) is 5.75 Å². The van der Waals surface area contributed by atoms with Crippen LogP contribution in [-0.2, 0) is 11.3 Å². The molecular weight excluding hydrogens is 301 g/mol. The van der Waals surface area contributed by atoms with Crippen molar-refractivity contribution in [1.29, 1.82) is 0 Å². The zero-order valence-electron chi connectivity index (χ0n) is 10.8. The van der Waals surface area contributed by atoms with Crippen LogP contribution < -0.4 is 4.74 Å². The van der Waals surface area contributed by atoms with Crippen LogP contribution in [0.2, 0.25) is 10.0 Å². The summed E-state index contributed by atoms with van der Waals surface area (Å²) < 4.78 is 5.38. The van der Waals surface area contributed by atoms with Gasteiger partial charge in [0.05, 0.1) is 11.6 Å². The fraction of sp³-hybridized carbons (Fsp3) is 0.231. The number of carbonyl (C=O) groups is 1. The number of imidazole rings is 1. The minimum atomic E-state index is -0.183. The summed E-state index contributed by atoms with van der Waals surface area (Å²) in [5.74, 6) is 0.915. The minimum absolute atomic E-state index is 0.114. The molecule has 0 aliphatic carbocycles. The molecule has 0 aliphatic rings. The monoisotopic (exact) mass is 313 g/mol. The summed E-state index contributed by atoms with van der Waals surface area (Å²) in [6.45, 7) is 0.274. The van der Waals surface area contributed by atoms with E-state index in [9.17, 15) is 4.79 Å². The second-order valence-corrected chi connectivity index (χ2v) is 4.99. The third kappa shape index (κ3) is 3.88. The Labute approximate surface area is 126 Å². The molecule has 1 aromatic carbocycles. The van der Waals surface area contributed by atoms with Gasteiger partial charge in [0.1, 0.15) is 11.6 Å². The Hall–Kier alpha value is -1.72. The van der Waals surface area contributed by atoms with Crippen LogP contribution in [0.3, 0.4) is 0 Å². The van der Waals surface area contributed by atoms with E-state index in [1.807, 2.05) is 0 Å². The highest BCUT2D eigenvalue weighted by atomic mass is 35.5. The lowest BCUT2D eigenvalue weighted by Gasteiger charge is -2.16. The number of H-pyrrole nitrogens is 1. The molecule has 1 amide bonds. The number of hydrogen-bond acceptors (Lipinski definition) is 3. The quantitative estimate of drug-likeness (QED) is 0.923. The molecule has 1 N–H and O–H groups in total. The van der Waals surface area contributed by atoms with Crippen molar-refractivity contribution in [2.24, 2.45) is 0 Å². The van der Waals surface area contributed by atoms with E-state index in [0.29, 0.717) is 28.2 Å². The molecule has 7 heteroatoms. The first-order chi connectivity index (χ1) is 9.56. The van der Waals surface area contributed by atoms with Crippen molar-refractivity contribution in [2.45, 2.75) is 6.54 Å². The fourth-order valence-corrected chi connectivity index (χ4v) is 1.87. The van der Waals surface area contributed by atoms with Crippen LogP contribution in [0.1, 0.15) is 5.82 Å². The van der Waals surface area contributed by atoms with Crippen LogP contribution in [0.4, 0.5) is 0 Å². The second kappa shape index (κ2) is 6.63. The molecule has 0 aliphatic heterocycles. The van der Waals surface area contributed by atoms with Crippen molar-refractivity contribution >= 4 is 29.1 Å². The lowest BCUT2D eigenvalue weighted by molar-refractivity contribution is -0.132. The van der Waals surface area contributed by atoms with Crippen molar-refractivity contribution < 1.29 is 9.53 Å². The predicted octanol–water partition coefficient (Wildman–Crippen LogP) is 2.75. The third-order valence-electron chi connectivity index (χ3n) is 2.61. The number of nitrogens with zero attached hydrogens (tertiary/aromatic N) is 2. The van der Waals surface area contributed by atoms with E-state index >= 15 is 0 Å². The number of hydrogen-bond donors (Lipinski definition) is 1. The Balaban J connectivity index is 1.89. The van der Waals surface area contributed by atoms with E-state index in [-0.39, 0.29) is 12.5 Å². The van der Waals surface area contributed by atoms with Gasteiger partial charge in [-0.1, -0.05) is 23.2 Å². The molecule has 2 aromatic rings. The second-order valence-electron chi connectivity index (χ2n) is 4.15. The Kier molecular flexibility index (Phi) is 4.87. The first-order valence-electron chi connectivity index (χ1n) is 5.86. The Morgan fingerprint density at radius 1 is 1.45 bits per heavy atom. The van der Waals surface area contributed by atoms with Crippen LogP contribution in [0.25, 0.3) is 0 Å². The predicted molar refractivity (Wildman–Crippen MR) is 77.0 cm³/mol. The molecule has 5 nitrogen and oxygen atoms in total. The fourth-order valence-electron chi connectivity index (χ4n) is 1.53. The number of aromatic amines is 1. The van der Waals surface area contributed by atoms with Crippen LogP contribution >= 0.6 is 23.2 Å². The van der Waals surface area contributed by atoms with Gasteiger partial charge in [-0.2, -0.15) is 0 Å². The lowest BCUT2D eigenvalue weighted by atomic mass is 10.3. The number of aromatic nitrogens is 2. The molecule has 0 radical (unpaired) electrons. The summed E-state index contributed by atoms with van der Waals surface area (Å²) in [7, 11) is 1.67. The standard InChI is InChI=1S/C13H13Cl2N3O2/c1-18(7-12-16-4-5-17-12)13(19)8-20-11-6-9(14)2-3-10(11)15/h2-6H,7-8H2,1H3,(H,16,17). The van der Waals surface area contributed by atoms with E-state index in [2.05, 4.69) is 9.97 Å². The van der Waals surface area contributed by atoms with Crippen LogP contribution in [0, 0.1) is 0 Å². The number of rotatable bonds is 5. The molecule has 0 unspecified atom stereocenters. The molecule has 1 heterocycles. The highest BCUT2D eigenvalue weighted by Gasteiger charge is 2.12. The molecule has 0 saturated heterocycles. The SMILES string of the molecule is CN(Cc1ncc[nH]1)C(=O)COc1cc(Cl)ccc1Cl. The average Bonchev–Trinajstić information content (AvgIpc) is 2.92. The molecule has 20 heavy (non-hydrogen) atoms. The molecule has 0 saturated carbocycles. The van der Waals surface area contributed by atoms with Crippen molar-refractivity contribution in [2.75, 3.05) is 13.7 Å². The number of amides is 1. The van der Waals surface area contributed by atoms with Crippen LogP contribution in [0.15, 0.2) is 30.6 Å². The molecule has 0 spiro atoms. The van der Waals surface area contributed by atoms with Crippen molar-refractivity contribution in [3.63, 3.8) is 0 Å². The summed E-state index contributed by atoms with van der Waals surface area (Å²) in [6, 6.07) is 4.85. The molecule has 1 aromatic heterocycles. The highest BCUT2D eigenvalue weighted by molar-refractivity contribution is 6.34. The molecular formula is C13H13Cl2N3O2. The van der Waals surface area contributed by atoms with Gasteiger partial charge in [0, 0.05) is 30.5 Å². The van der Waals surface area contributed by atoms with Gasteiger partial charge in [-0.25, -0.2) is 4.98 Å². The number of halogens is 2. The smallest absolute Gasteiger partial charge is 0.260 e. The van der Waals surface area contributed by atoms with Gasteiger partial charge in [0.2, 0.25) is 0 Å². The maximum Gasteiger partial charge on any atom is 0.260 e. The maximum absolute atomic E-state index is 11.9. The number of likely N-dealkylation sites (N-methyl/N-ethyl adjacent to an activating group) is 1. The van der Waals surface area contributed by atoms with E-state index in [0.717, 1.165) is 0 Å². The normalized spacial score (nSPS) is 10.3. The summed E-state index contributed by atoms with van der Waals surface area (Å²) in [5, 5.41) is 0.914. The zero-order chi connectivity index (χ0) is 14.5. The first kappa shape index (κ1) is 14.7. The Morgan fingerprint density at radius 2 is 2.25 bits per heavy atom. The average molecular weight is 314 g/mol. The summed E-state index contributed by atoms with van der Waals surface area (Å²) in [6.07, 6.45) is 3.34. The van der Waals surface area contributed by atoms with Crippen molar-refractivity contribution in [3.05, 3.63) is 46.5 Å². The van der Waals surface area contributed by atoms with Gasteiger partial charge in [-0.15, -0.1) is 0 Å². The Bertz CT molecular complexity index is 587. The van der Waals surface area contributed by atoms with E-state index in [4.69, 9.17) is 27.9 Å². The van der Waals surface area contributed by atoms with Crippen LogP contribution in [-0.4, -0.2) is 34.4 Å². The van der Waals surface area contributed by atoms with Gasteiger partial charge in [-0.05, 0) is 12.1 Å². The van der Waals surface area contributed by atoms with Gasteiger partial charge in [0.15, 0.2) is 6.61 Å². The van der Waals surface area contributed by atoms with Gasteiger partial charge in [-0.3, -0.25) is 4.79 Å². The maximum atomic E-state index is 11.9. The number of benzene rings is 1. The van der Waals surface area contributed by atoms with Crippen LogP contribution in [0.5, 0.6) is 5.75 Å². The minimum Gasteiger partial charge on any atom is -0.482 e. The van der Waals surface area contributed by atoms with E-state index in [1.165, 1.54) is 4.90 Å². The first-order valence-corrected chi connectivity index (χ1v) is 6.62. The molecule has 0 atom stereocenters. The van der Waals surface area contributed by atoms with Gasteiger partial charge >= 0.3 is 0 Å². The summed E-state index contributed by atoms with van der Waals surface area (Å²) in [5.41, 5.74) is 0. The van der Waals surface area contributed by atoms with E-state index < -0.39 is 0 Å². The number of carbonyl (C=O) groups excluding carboxylic acids is 1. The zero-order valence-corrected chi connectivity index (χ0v) is 12.3. The Morgan fingerprint density at radius 3 is 2.95 bits per heavy atom. The summed E-state index contributed by atoms with van der Waals surface area (Å²) in [4.78, 5) is 20.4. The van der Waals surface area contributed by atoms with Crippen molar-refractivity contribution in [1.82, 2.24) is 14.9 Å². The topological polar surface area (TPSA) is 58.2 Å². The number of ether oxygens (including phenoxy) is 1. The number of nitrogens with one attached hydrogen (secondary N) is 1.